The summed E-state index contributed by atoms with van der Waals surface area (Å²) in [4.78, 5) is 2.58. The van der Waals surface area contributed by atoms with Gasteiger partial charge in [0.15, 0.2) is 0 Å². The Labute approximate surface area is 106 Å². The van der Waals surface area contributed by atoms with E-state index in [0.717, 1.165) is 25.1 Å². The highest BCUT2D eigenvalue weighted by atomic mass is 35.5. The normalized spacial score (nSPS) is 21.4. The zero-order chi connectivity index (χ0) is 11.1. The van der Waals surface area contributed by atoms with Crippen LogP contribution < -0.4 is 5.73 Å². The third-order valence-electron chi connectivity index (χ3n) is 3.03. The number of hydrogen-bond acceptors (Lipinski definition) is 3. The molecule has 1 aliphatic rings. The Balaban J connectivity index is 0.00000225. The molecule has 1 rings (SSSR count). The van der Waals surface area contributed by atoms with Gasteiger partial charge in [-0.05, 0) is 31.7 Å². The monoisotopic (exact) mass is 250 g/mol. The Kier molecular flexibility index (Phi) is 9.32. The molecule has 0 bridgehead atoms. The van der Waals surface area contributed by atoms with Gasteiger partial charge in [0.2, 0.25) is 0 Å². The summed E-state index contributed by atoms with van der Waals surface area (Å²) in [6.45, 7) is 9.12. The van der Waals surface area contributed by atoms with Crippen molar-refractivity contribution in [2.45, 2.75) is 39.2 Å². The SMILES string of the molecule is CC(C)CC1CCCN1CCOCCN.Cl. The van der Waals surface area contributed by atoms with Crippen molar-refractivity contribution in [3.05, 3.63) is 0 Å². The van der Waals surface area contributed by atoms with Crippen molar-refractivity contribution in [3.8, 4) is 0 Å². The molecule has 0 aromatic heterocycles. The minimum absolute atomic E-state index is 0. The highest BCUT2D eigenvalue weighted by molar-refractivity contribution is 5.85. The highest BCUT2D eigenvalue weighted by Gasteiger charge is 2.24. The zero-order valence-corrected chi connectivity index (χ0v) is 11.5. The molecule has 0 radical (unpaired) electrons. The summed E-state index contributed by atoms with van der Waals surface area (Å²) in [6, 6.07) is 0.798. The lowest BCUT2D eigenvalue weighted by molar-refractivity contribution is 0.101. The molecule has 1 fully saturated rings. The van der Waals surface area contributed by atoms with Crippen molar-refractivity contribution >= 4 is 12.4 Å². The fourth-order valence-corrected chi connectivity index (χ4v) is 2.37. The number of ether oxygens (including phenoxy) is 1. The third-order valence-corrected chi connectivity index (χ3v) is 3.03. The lowest BCUT2D eigenvalue weighted by atomic mass is 10.0. The molecule has 0 aromatic carbocycles. The van der Waals surface area contributed by atoms with Gasteiger partial charge in [-0.3, -0.25) is 4.90 Å². The van der Waals surface area contributed by atoms with E-state index in [2.05, 4.69) is 18.7 Å². The molecule has 0 saturated carbocycles. The molecule has 1 unspecified atom stereocenters. The van der Waals surface area contributed by atoms with Gasteiger partial charge >= 0.3 is 0 Å². The van der Waals surface area contributed by atoms with Crippen LogP contribution in [0, 0.1) is 5.92 Å². The summed E-state index contributed by atoms with van der Waals surface area (Å²) >= 11 is 0. The van der Waals surface area contributed by atoms with Gasteiger partial charge in [-0.25, -0.2) is 0 Å². The van der Waals surface area contributed by atoms with Gasteiger partial charge in [-0.1, -0.05) is 13.8 Å². The van der Waals surface area contributed by atoms with E-state index in [1.165, 1.54) is 25.8 Å². The minimum Gasteiger partial charge on any atom is -0.379 e. The second-order valence-corrected chi connectivity index (χ2v) is 4.86. The standard InChI is InChI=1S/C12H26N2O.ClH/c1-11(2)10-12-4-3-6-14(12)7-9-15-8-5-13;/h11-12H,3-10,13H2,1-2H3;1H. The third kappa shape index (κ3) is 6.04. The molecule has 98 valence electrons. The summed E-state index contributed by atoms with van der Waals surface area (Å²) in [7, 11) is 0. The van der Waals surface area contributed by atoms with E-state index in [4.69, 9.17) is 10.5 Å². The van der Waals surface area contributed by atoms with Crippen LogP contribution in [0.3, 0.4) is 0 Å². The molecule has 4 heteroatoms. The maximum Gasteiger partial charge on any atom is 0.0594 e. The van der Waals surface area contributed by atoms with Crippen LogP contribution in [-0.2, 0) is 4.74 Å². The Morgan fingerprint density at radius 2 is 2.12 bits per heavy atom. The number of nitrogens with two attached hydrogens (primary N) is 1. The van der Waals surface area contributed by atoms with E-state index in [9.17, 15) is 0 Å². The summed E-state index contributed by atoms with van der Waals surface area (Å²) in [5.74, 6) is 0.806. The molecule has 0 aliphatic carbocycles. The van der Waals surface area contributed by atoms with Crippen molar-refractivity contribution in [2.75, 3.05) is 32.8 Å². The molecule has 1 heterocycles. The number of likely N-dealkylation sites (tertiary alicyclic amines) is 1. The summed E-state index contributed by atoms with van der Waals surface area (Å²) < 4.78 is 5.43. The van der Waals surface area contributed by atoms with Gasteiger partial charge < -0.3 is 10.5 Å². The van der Waals surface area contributed by atoms with Crippen molar-refractivity contribution in [3.63, 3.8) is 0 Å². The fraction of sp³-hybridized carbons (Fsp3) is 1.00. The molecule has 3 nitrogen and oxygen atoms in total. The smallest absolute Gasteiger partial charge is 0.0594 e. The second kappa shape index (κ2) is 9.23. The molecule has 0 spiro atoms. The summed E-state index contributed by atoms with van der Waals surface area (Å²) in [6.07, 6.45) is 4.06. The average Bonchev–Trinajstić information content (AvgIpc) is 2.59. The van der Waals surface area contributed by atoms with Gasteiger partial charge in [-0.2, -0.15) is 0 Å². The van der Waals surface area contributed by atoms with E-state index in [1.54, 1.807) is 0 Å². The molecule has 1 saturated heterocycles. The van der Waals surface area contributed by atoms with Crippen LogP contribution in [0.2, 0.25) is 0 Å². The maximum absolute atomic E-state index is 5.43. The Hall–Kier alpha value is 0.170. The predicted octanol–water partition coefficient (Wildman–Crippen LogP) is 1.89. The molecule has 1 aliphatic heterocycles. The van der Waals surface area contributed by atoms with Crippen molar-refractivity contribution in [2.24, 2.45) is 11.7 Å². The quantitative estimate of drug-likeness (QED) is 0.702. The molecule has 0 aromatic rings. The van der Waals surface area contributed by atoms with Crippen molar-refractivity contribution < 1.29 is 4.74 Å². The van der Waals surface area contributed by atoms with E-state index in [0.29, 0.717) is 13.2 Å². The first kappa shape index (κ1) is 16.2. The first-order valence-corrected chi connectivity index (χ1v) is 6.26. The van der Waals surface area contributed by atoms with Crippen molar-refractivity contribution in [1.29, 1.82) is 0 Å². The fourth-order valence-electron chi connectivity index (χ4n) is 2.37. The molecular weight excluding hydrogens is 224 g/mol. The van der Waals surface area contributed by atoms with E-state index < -0.39 is 0 Å². The lowest BCUT2D eigenvalue weighted by Crippen LogP contribution is -2.33. The molecule has 0 amide bonds. The Morgan fingerprint density at radius 1 is 1.38 bits per heavy atom. The zero-order valence-electron chi connectivity index (χ0n) is 10.7. The topological polar surface area (TPSA) is 38.5 Å². The maximum atomic E-state index is 5.43. The molecule has 2 N–H and O–H groups in total. The molecule has 16 heavy (non-hydrogen) atoms. The van der Waals surface area contributed by atoms with Gasteiger partial charge in [0, 0.05) is 19.1 Å². The lowest BCUT2D eigenvalue weighted by Gasteiger charge is -2.25. The number of hydrogen-bond donors (Lipinski definition) is 1. The van der Waals surface area contributed by atoms with E-state index in [-0.39, 0.29) is 12.4 Å². The number of nitrogens with zero attached hydrogens (tertiary/aromatic N) is 1. The molecule has 1 atom stereocenters. The van der Waals surface area contributed by atoms with Crippen LogP contribution in [0.5, 0.6) is 0 Å². The van der Waals surface area contributed by atoms with E-state index >= 15 is 0 Å². The van der Waals surface area contributed by atoms with Crippen LogP contribution in [-0.4, -0.2) is 43.8 Å². The van der Waals surface area contributed by atoms with E-state index in [1.807, 2.05) is 0 Å². The van der Waals surface area contributed by atoms with Gasteiger partial charge in [0.05, 0.1) is 13.2 Å². The van der Waals surface area contributed by atoms with Crippen LogP contribution in [0.4, 0.5) is 0 Å². The first-order chi connectivity index (χ1) is 7.24. The summed E-state index contributed by atoms with van der Waals surface area (Å²) in [5, 5.41) is 0. The van der Waals surface area contributed by atoms with Gasteiger partial charge in [0.1, 0.15) is 0 Å². The highest BCUT2D eigenvalue weighted by Crippen LogP contribution is 2.22. The van der Waals surface area contributed by atoms with Crippen LogP contribution in [0.1, 0.15) is 33.1 Å². The Bertz CT molecular complexity index is 167. The summed E-state index contributed by atoms with van der Waals surface area (Å²) in [5.41, 5.74) is 5.38. The van der Waals surface area contributed by atoms with Crippen LogP contribution >= 0.6 is 12.4 Å². The number of halogens is 1. The first-order valence-electron chi connectivity index (χ1n) is 6.26. The van der Waals surface area contributed by atoms with Gasteiger partial charge in [-0.15, -0.1) is 12.4 Å². The molecular formula is C12H27ClN2O. The predicted molar refractivity (Wildman–Crippen MR) is 71.2 cm³/mol. The van der Waals surface area contributed by atoms with Crippen LogP contribution in [0.15, 0.2) is 0 Å². The van der Waals surface area contributed by atoms with Gasteiger partial charge in [0.25, 0.3) is 0 Å². The second-order valence-electron chi connectivity index (χ2n) is 4.86. The largest absolute Gasteiger partial charge is 0.379 e. The Morgan fingerprint density at radius 3 is 2.75 bits per heavy atom. The minimum atomic E-state index is 0. The van der Waals surface area contributed by atoms with Crippen molar-refractivity contribution in [1.82, 2.24) is 4.90 Å². The average molecular weight is 251 g/mol. The van der Waals surface area contributed by atoms with Crippen LogP contribution in [0.25, 0.3) is 0 Å². The number of rotatable bonds is 7.